The van der Waals surface area contributed by atoms with E-state index in [1.807, 2.05) is 18.2 Å². The summed E-state index contributed by atoms with van der Waals surface area (Å²) in [7, 11) is -5.56. The van der Waals surface area contributed by atoms with E-state index in [2.05, 4.69) is 0 Å². The van der Waals surface area contributed by atoms with E-state index in [1.54, 1.807) is 48.5 Å². The van der Waals surface area contributed by atoms with Crippen molar-refractivity contribution in [2.75, 3.05) is 0 Å². The summed E-state index contributed by atoms with van der Waals surface area (Å²) in [5.41, 5.74) is -2.16. The zero-order valence-electron chi connectivity index (χ0n) is 13.9. The molecular formula is C20H14F3NO2S. The standard InChI is InChI=1S/C20H14F3NO2S/c21-20(22,23)27(25,26)24-13-12-15-7-4-5-9-17(15)19(24)18-11-10-14-6-2-1-3-8-16(14)18/h1-13,19H. The van der Waals surface area contributed by atoms with Gasteiger partial charge < -0.3 is 0 Å². The smallest absolute Gasteiger partial charge is 0.258 e. The second-order valence-corrected chi connectivity index (χ2v) is 8.03. The molecule has 1 aromatic carbocycles. The van der Waals surface area contributed by atoms with Crippen molar-refractivity contribution in [3.63, 3.8) is 0 Å². The van der Waals surface area contributed by atoms with Gasteiger partial charge in [-0.2, -0.15) is 21.6 Å². The first-order valence-electron chi connectivity index (χ1n) is 8.15. The van der Waals surface area contributed by atoms with Crippen molar-refractivity contribution in [3.8, 4) is 11.1 Å². The summed E-state index contributed by atoms with van der Waals surface area (Å²) in [4.78, 5) is 0. The summed E-state index contributed by atoms with van der Waals surface area (Å²) >= 11 is 0. The zero-order valence-corrected chi connectivity index (χ0v) is 14.7. The summed E-state index contributed by atoms with van der Waals surface area (Å²) in [5, 5.41) is 0. The van der Waals surface area contributed by atoms with Crippen LogP contribution in [0.4, 0.5) is 13.2 Å². The van der Waals surface area contributed by atoms with Gasteiger partial charge >= 0.3 is 15.5 Å². The normalized spacial score (nSPS) is 17.1. The molecule has 1 aromatic rings. The predicted octanol–water partition coefficient (Wildman–Crippen LogP) is 5.02. The summed E-state index contributed by atoms with van der Waals surface area (Å²) in [6.45, 7) is 0. The molecular weight excluding hydrogens is 375 g/mol. The van der Waals surface area contributed by atoms with Crippen LogP contribution in [0.1, 0.15) is 22.7 Å². The Balaban J connectivity index is 1.97. The molecule has 0 aromatic heterocycles. The van der Waals surface area contributed by atoms with Gasteiger partial charge in [0.2, 0.25) is 0 Å². The molecule has 0 bridgehead atoms. The first-order valence-corrected chi connectivity index (χ1v) is 9.59. The fraction of sp³-hybridized carbons (Fsp3) is 0.100. The molecule has 1 aliphatic heterocycles. The maximum atomic E-state index is 13.3. The summed E-state index contributed by atoms with van der Waals surface area (Å²) in [5.74, 6) is 0. The van der Waals surface area contributed by atoms with Crippen molar-refractivity contribution >= 4 is 16.1 Å². The molecule has 1 unspecified atom stereocenters. The number of alkyl halides is 3. The Hall–Kier alpha value is -2.80. The molecule has 2 aliphatic carbocycles. The quantitative estimate of drug-likeness (QED) is 0.617. The minimum absolute atomic E-state index is 0.414. The maximum absolute atomic E-state index is 13.3. The molecule has 4 rings (SSSR count). The van der Waals surface area contributed by atoms with Gasteiger partial charge in [0.05, 0.1) is 6.04 Å². The first-order chi connectivity index (χ1) is 12.8. The molecule has 1 heterocycles. The van der Waals surface area contributed by atoms with Crippen LogP contribution in [0, 0.1) is 0 Å². The molecule has 3 nitrogen and oxygen atoms in total. The highest BCUT2D eigenvalue weighted by Gasteiger charge is 2.52. The summed E-state index contributed by atoms with van der Waals surface area (Å²) in [6.07, 6.45) is 2.39. The van der Waals surface area contributed by atoms with E-state index < -0.39 is 21.6 Å². The minimum atomic E-state index is -5.56. The average molecular weight is 389 g/mol. The van der Waals surface area contributed by atoms with Crippen LogP contribution in [0.5, 0.6) is 0 Å². The van der Waals surface area contributed by atoms with Gasteiger partial charge in [-0.15, -0.1) is 0 Å². The SMILES string of the molecule is O=S(=O)(N1C=Cc2ccccc2C1c1ccc2cccccc1-2)C(F)(F)F. The minimum Gasteiger partial charge on any atom is -0.258 e. The Kier molecular flexibility index (Phi) is 3.99. The van der Waals surface area contributed by atoms with Gasteiger partial charge in [-0.1, -0.05) is 66.7 Å². The number of fused-ring (bicyclic) bond motifs is 2. The first kappa shape index (κ1) is 17.6. The summed E-state index contributed by atoms with van der Waals surface area (Å²) in [6, 6.07) is 18.3. The van der Waals surface area contributed by atoms with Gasteiger partial charge in [-0.25, -0.2) is 0 Å². The average Bonchev–Trinajstić information content (AvgIpc) is 2.87. The van der Waals surface area contributed by atoms with E-state index in [4.69, 9.17) is 0 Å². The van der Waals surface area contributed by atoms with E-state index in [0.29, 0.717) is 26.6 Å². The number of benzene rings is 1. The van der Waals surface area contributed by atoms with Crippen molar-refractivity contribution < 1.29 is 21.6 Å². The second kappa shape index (κ2) is 6.13. The third-order valence-electron chi connectivity index (χ3n) is 4.64. The predicted molar refractivity (Wildman–Crippen MR) is 97.2 cm³/mol. The van der Waals surface area contributed by atoms with Crippen LogP contribution in [-0.4, -0.2) is 18.2 Å². The second-order valence-electron chi connectivity index (χ2n) is 6.20. The van der Waals surface area contributed by atoms with Gasteiger partial charge in [0.25, 0.3) is 0 Å². The number of sulfonamides is 1. The Morgan fingerprint density at radius 1 is 0.815 bits per heavy atom. The lowest BCUT2D eigenvalue weighted by molar-refractivity contribution is -0.0483. The monoisotopic (exact) mass is 389 g/mol. The molecule has 0 N–H and O–H groups in total. The molecule has 0 spiro atoms. The fourth-order valence-corrected chi connectivity index (χ4v) is 4.37. The molecule has 3 aliphatic rings. The lowest BCUT2D eigenvalue weighted by Gasteiger charge is -2.34. The van der Waals surface area contributed by atoms with E-state index in [-0.39, 0.29) is 0 Å². The Morgan fingerprint density at radius 2 is 1.52 bits per heavy atom. The van der Waals surface area contributed by atoms with Gasteiger partial charge in [-0.3, -0.25) is 4.31 Å². The number of nitrogens with zero attached hydrogens (tertiary/aromatic N) is 1. The number of halogens is 3. The third-order valence-corrected chi connectivity index (χ3v) is 6.11. The van der Waals surface area contributed by atoms with Crippen LogP contribution in [0.15, 0.2) is 72.9 Å². The molecule has 0 fully saturated rings. The number of hydrogen-bond acceptors (Lipinski definition) is 2. The largest absolute Gasteiger partial charge is 0.516 e. The van der Waals surface area contributed by atoms with Crippen molar-refractivity contribution in [1.29, 1.82) is 0 Å². The van der Waals surface area contributed by atoms with Crippen LogP contribution in [0.2, 0.25) is 0 Å². The van der Waals surface area contributed by atoms with Crippen molar-refractivity contribution in [1.82, 2.24) is 4.31 Å². The van der Waals surface area contributed by atoms with Crippen molar-refractivity contribution in [3.05, 3.63) is 89.6 Å². The lowest BCUT2D eigenvalue weighted by atomic mass is 9.91. The van der Waals surface area contributed by atoms with Crippen molar-refractivity contribution in [2.24, 2.45) is 0 Å². The zero-order chi connectivity index (χ0) is 19.2. The Labute approximate surface area is 154 Å². The van der Waals surface area contributed by atoms with Crippen LogP contribution in [0.3, 0.4) is 0 Å². The Morgan fingerprint density at radius 3 is 2.30 bits per heavy atom. The molecule has 27 heavy (non-hydrogen) atoms. The van der Waals surface area contributed by atoms with Crippen LogP contribution in [0.25, 0.3) is 17.2 Å². The highest BCUT2D eigenvalue weighted by Crippen LogP contribution is 2.45. The van der Waals surface area contributed by atoms with E-state index >= 15 is 0 Å². The van der Waals surface area contributed by atoms with E-state index in [1.165, 1.54) is 6.08 Å². The topological polar surface area (TPSA) is 37.4 Å². The maximum Gasteiger partial charge on any atom is 0.516 e. The van der Waals surface area contributed by atoms with Gasteiger partial charge in [0.15, 0.2) is 0 Å². The molecule has 0 radical (unpaired) electrons. The van der Waals surface area contributed by atoms with Gasteiger partial charge in [0, 0.05) is 6.20 Å². The highest BCUT2D eigenvalue weighted by atomic mass is 32.2. The molecule has 0 saturated heterocycles. The van der Waals surface area contributed by atoms with E-state index in [0.717, 1.165) is 11.8 Å². The number of hydrogen-bond donors (Lipinski definition) is 0. The van der Waals surface area contributed by atoms with Crippen LogP contribution < -0.4 is 0 Å². The summed E-state index contributed by atoms with van der Waals surface area (Å²) < 4.78 is 64.9. The van der Waals surface area contributed by atoms with Crippen LogP contribution in [-0.2, 0) is 10.0 Å². The van der Waals surface area contributed by atoms with Gasteiger partial charge in [-0.05, 0) is 33.9 Å². The van der Waals surface area contributed by atoms with Crippen LogP contribution >= 0.6 is 0 Å². The molecule has 0 saturated carbocycles. The molecule has 1 atom stereocenters. The Bertz CT molecular complexity index is 1110. The highest BCUT2D eigenvalue weighted by molar-refractivity contribution is 7.90. The fourth-order valence-electron chi connectivity index (χ4n) is 3.41. The van der Waals surface area contributed by atoms with E-state index in [9.17, 15) is 21.6 Å². The van der Waals surface area contributed by atoms with Crippen molar-refractivity contribution in [2.45, 2.75) is 11.6 Å². The molecule has 0 amide bonds. The number of rotatable bonds is 2. The molecule has 138 valence electrons. The van der Waals surface area contributed by atoms with Gasteiger partial charge in [0.1, 0.15) is 0 Å². The third kappa shape index (κ3) is 2.78. The molecule has 7 heteroatoms. The lowest BCUT2D eigenvalue weighted by Crippen LogP contribution is -2.41.